The minimum atomic E-state index is 0.188. The number of benzene rings is 1. The second-order valence-corrected chi connectivity index (χ2v) is 4.93. The zero-order valence-corrected chi connectivity index (χ0v) is 10.5. The lowest BCUT2D eigenvalue weighted by molar-refractivity contribution is 0.827. The lowest BCUT2D eigenvalue weighted by Gasteiger charge is -2.12. The number of nitrogens with two attached hydrogens (primary N) is 1. The number of aryl methyl sites for hydroxylation is 1. The molecular weight excluding hydrogens is 202 g/mol. The second-order valence-electron chi connectivity index (χ2n) is 3.78. The molecule has 1 rings (SSSR count). The number of hydrogen-bond donors (Lipinski definition) is 1. The molecule has 0 heterocycles. The molecule has 0 aliphatic heterocycles. The van der Waals surface area contributed by atoms with E-state index < -0.39 is 0 Å². The summed E-state index contributed by atoms with van der Waals surface area (Å²) in [6, 6.07) is 8.83. The molecule has 1 unspecified atom stereocenters. The van der Waals surface area contributed by atoms with Crippen LogP contribution >= 0.6 is 11.8 Å². The third kappa shape index (κ3) is 4.27. The standard InChI is InChI=1S/C13H21NS/c1-3-8-15-10-13(14)12-7-5-6-11(4-2)9-12/h5-7,9,13H,3-4,8,10,14H2,1-2H3. The zero-order chi connectivity index (χ0) is 11.1. The minimum Gasteiger partial charge on any atom is -0.323 e. The summed E-state index contributed by atoms with van der Waals surface area (Å²) in [5.41, 5.74) is 8.79. The van der Waals surface area contributed by atoms with Gasteiger partial charge in [-0.2, -0.15) is 11.8 Å². The fourth-order valence-corrected chi connectivity index (χ4v) is 2.40. The number of thioether (sulfide) groups is 1. The Morgan fingerprint density at radius 2 is 2.13 bits per heavy atom. The van der Waals surface area contributed by atoms with E-state index in [0.29, 0.717) is 0 Å². The largest absolute Gasteiger partial charge is 0.323 e. The highest BCUT2D eigenvalue weighted by Crippen LogP contribution is 2.17. The highest BCUT2D eigenvalue weighted by molar-refractivity contribution is 7.99. The molecule has 0 spiro atoms. The maximum absolute atomic E-state index is 6.14. The fourth-order valence-electron chi connectivity index (χ4n) is 1.49. The van der Waals surface area contributed by atoms with Crippen molar-refractivity contribution in [1.82, 2.24) is 0 Å². The normalized spacial score (nSPS) is 12.7. The molecule has 0 aliphatic carbocycles. The molecule has 0 saturated carbocycles. The Labute approximate surface area is 97.4 Å². The van der Waals surface area contributed by atoms with Crippen molar-refractivity contribution in [2.24, 2.45) is 5.73 Å². The van der Waals surface area contributed by atoms with E-state index in [-0.39, 0.29) is 6.04 Å². The highest BCUT2D eigenvalue weighted by Gasteiger charge is 2.05. The van der Waals surface area contributed by atoms with Gasteiger partial charge < -0.3 is 5.73 Å². The molecule has 0 aromatic heterocycles. The highest BCUT2D eigenvalue weighted by atomic mass is 32.2. The van der Waals surface area contributed by atoms with Crippen LogP contribution in [-0.2, 0) is 6.42 Å². The first kappa shape index (κ1) is 12.6. The van der Waals surface area contributed by atoms with Crippen molar-refractivity contribution in [1.29, 1.82) is 0 Å². The van der Waals surface area contributed by atoms with Crippen LogP contribution in [0.3, 0.4) is 0 Å². The molecule has 15 heavy (non-hydrogen) atoms. The second kappa shape index (κ2) is 6.91. The van der Waals surface area contributed by atoms with Crippen molar-refractivity contribution in [3.8, 4) is 0 Å². The van der Waals surface area contributed by atoms with Gasteiger partial charge in [-0.05, 0) is 29.7 Å². The van der Waals surface area contributed by atoms with Crippen LogP contribution in [0.25, 0.3) is 0 Å². The predicted molar refractivity (Wildman–Crippen MR) is 70.4 cm³/mol. The Morgan fingerprint density at radius 1 is 1.33 bits per heavy atom. The summed E-state index contributed by atoms with van der Waals surface area (Å²) in [6.07, 6.45) is 2.31. The molecule has 0 bridgehead atoms. The van der Waals surface area contributed by atoms with Gasteiger partial charge in [-0.15, -0.1) is 0 Å². The van der Waals surface area contributed by atoms with Gasteiger partial charge in [-0.3, -0.25) is 0 Å². The molecule has 1 atom stereocenters. The lowest BCUT2D eigenvalue weighted by Crippen LogP contribution is -2.13. The van der Waals surface area contributed by atoms with Crippen molar-refractivity contribution < 1.29 is 0 Å². The molecule has 1 aromatic carbocycles. The number of rotatable bonds is 6. The summed E-state index contributed by atoms with van der Waals surface area (Å²) in [5.74, 6) is 2.24. The van der Waals surface area contributed by atoms with Gasteiger partial charge in [0.2, 0.25) is 0 Å². The van der Waals surface area contributed by atoms with Crippen LogP contribution in [-0.4, -0.2) is 11.5 Å². The predicted octanol–water partition coefficient (Wildman–Crippen LogP) is 3.39. The van der Waals surface area contributed by atoms with Gasteiger partial charge >= 0.3 is 0 Å². The monoisotopic (exact) mass is 223 g/mol. The maximum Gasteiger partial charge on any atom is 0.0386 e. The van der Waals surface area contributed by atoms with Crippen molar-refractivity contribution in [2.45, 2.75) is 32.7 Å². The lowest BCUT2D eigenvalue weighted by atomic mass is 10.0. The van der Waals surface area contributed by atoms with Crippen LogP contribution in [0.15, 0.2) is 24.3 Å². The van der Waals surface area contributed by atoms with Crippen LogP contribution in [0.5, 0.6) is 0 Å². The van der Waals surface area contributed by atoms with Crippen molar-refractivity contribution in [3.05, 3.63) is 35.4 Å². The molecule has 0 aliphatic rings. The van der Waals surface area contributed by atoms with Crippen molar-refractivity contribution >= 4 is 11.8 Å². The van der Waals surface area contributed by atoms with Crippen LogP contribution in [0.2, 0.25) is 0 Å². The van der Waals surface area contributed by atoms with Gasteiger partial charge in [0.15, 0.2) is 0 Å². The van der Waals surface area contributed by atoms with Crippen LogP contribution in [0, 0.1) is 0 Å². The summed E-state index contributed by atoms with van der Waals surface area (Å²) in [5, 5.41) is 0. The Kier molecular flexibility index (Phi) is 5.81. The van der Waals surface area contributed by atoms with E-state index in [1.54, 1.807) is 0 Å². The SMILES string of the molecule is CCCSCC(N)c1cccc(CC)c1. The zero-order valence-electron chi connectivity index (χ0n) is 9.70. The molecule has 0 amide bonds. The van der Waals surface area contributed by atoms with E-state index in [4.69, 9.17) is 5.73 Å². The van der Waals surface area contributed by atoms with Gasteiger partial charge in [0.1, 0.15) is 0 Å². The van der Waals surface area contributed by atoms with Crippen molar-refractivity contribution in [2.75, 3.05) is 11.5 Å². The van der Waals surface area contributed by atoms with E-state index in [2.05, 4.69) is 38.1 Å². The first-order chi connectivity index (χ1) is 7.27. The molecule has 0 fully saturated rings. The van der Waals surface area contributed by atoms with E-state index in [0.717, 1.165) is 12.2 Å². The molecule has 1 aromatic rings. The Balaban J connectivity index is 2.52. The van der Waals surface area contributed by atoms with E-state index in [9.17, 15) is 0 Å². The summed E-state index contributed by atoms with van der Waals surface area (Å²) in [4.78, 5) is 0. The van der Waals surface area contributed by atoms with E-state index >= 15 is 0 Å². The first-order valence-electron chi connectivity index (χ1n) is 5.70. The molecule has 2 heteroatoms. The first-order valence-corrected chi connectivity index (χ1v) is 6.85. The van der Waals surface area contributed by atoms with Gasteiger partial charge in [0.05, 0.1) is 0 Å². The quantitative estimate of drug-likeness (QED) is 0.748. The summed E-state index contributed by atoms with van der Waals surface area (Å²) >= 11 is 1.94. The molecule has 1 nitrogen and oxygen atoms in total. The summed E-state index contributed by atoms with van der Waals surface area (Å²) in [7, 11) is 0. The van der Waals surface area contributed by atoms with Crippen LogP contribution in [0.1, 0.15) is 37.4 Å². The third-order valence-electron chi connectivity index (χ3n) is 2.43. The average molecular weight is 223 g/mol. The topological polar surface area (TPSA) is 26.0 Å². The fraction of sp³-hybridized carbons (Fsp3) is 0.538. The molecule has 0 radical (unpaired) electrons. The van der Waals surface area contributed by atoms with Gasteiger partial charge in [0, 0.05) is 11.8 Å². The number of hydrogen-bond acceptors (Lipinski definition) is 2. The molecule has 84 valence electrons. The summed E-state index contributed by atoms with van der Waals surface area (Å²) < 4.78 is 0. The minimum absolute atomic E-state index is 0.188. The maximum atomic E-state index is 6.14. The average Bonchev–Trinajstić information content (AvgIpc) is 2.29. The molecule has 2 N–H and O–H groups in total. The smallest absolute Gasteiger partial charge is 0.0386 e. The van der Waals surface area contributed by atoms with E-state index in [1.807, 2.05) is 11.8 Å². The van der Waals surface area contributed by atoms with Crippen molar-refractivity contribution in [3.63, 3.8) is 0 Å². The molecule has 0 saturated heterocycles. The van der Waals surface area contributed by atoms with Gasteiger partial charge in [-0.25, -0.2) is 0 Å². The Hall–Kier alpha value is -0.470. The Morgan fingerprint density at radius 3 is 2.80 bits per heavy atom. The van der Waals surface area contributed by atoms with Gasteiger partial charge in [-0.1, -0.05) is 38.1 Å². The van der Waals surface area contributed by atoms with Crippen LogP contribution in [0.4, 0.5) is 0 Å². The summed E-state index contributed by atoms with van der Waals surface area (Å²) in [6.45, 7) is 4.38. The van der Waals surface area contributed by atoms with E-state index in [1.165, 1.54) is 23.3 Å². The van der Waals surface area contributed by atoms with Gasteiger partial charge in [0.25, 0.3) is 0 Å². The molecular formula is C13H21NS. The van der Waals surface area contributed by atoms with Crippen LogP contribution < -0.4 is 5.73 Å². The third-order valence-corrected chi connectivity index (χ3v) is 3.73. The Bertz CT molecular complexity index is 286.